The number of nitrogens with zero attached hydrogens (tertiary/aromatic N) is 3. The lowest BCUT2D eigenvalue weighted by atomic mass is 10.1. The van der Waals surface area contributed by atoms with Crippen molar-refractivity contribution in [3.63, 3.8) is 0 Å². The van der Waals surface area contributed by atoms with Crippen LogP contribution >= 0.6 is 11.6 Å². The molecule has 0 N–H and O–H groups in total. The lowest BCUT2D eigenvalue weighted by Crippen LogP contribution is -2.29. The number of fused-ring (bicyclic) bond motifs is 1. The van der Waals surface area contributed by atoms with Gasteiger partial charge in [0.1, 0.15) is 6.54 Å². The number of benzene rings is 1. The Morgan fingerprint density at radius 2 is 2.11 bits per heavy atom. The molecule has 0 spiro atoms. The molecular weight excluding hydrogens is 270 g/mol. The molecule has 1 aromatic carbocycles. The molecule has 1 aliphatic rings. The third kappa shape index (κ3) is 1.90. The summed E-state index contributed by atoms with van der Waals surface area (Å²) < 4.78 is 5.21. The van der Waals surface area contributed by atoms with E-state index in [1.54, 1.807) is 19.1 Å². The minimum atomic E-state index is -0.617. The molecule has 1 aromatic heterocycles. The van der Waals surface area contributed by atoms with Gasteiger partial charge in [-0.15, -0.1) is 10.2 Å². The van der Waals surface area contributed by atoms with Gasteiger partial charge in [-0.25, -0.2) is 0 Å². The van der Waals surface area contributed by atoms with Gasteiger partial charge >= 0.3 is 0 Å². The zero-order valence-electron chi connectivity index (χ0n) is 9.88. The molecular formula is C12H8ClN3O3. The molecule has 6 nitrogen and oxygen atoms in total. The van der Waals surface area contributed by atoms with Crippen LogP contribution in [0.3, 0.4) is 0 Å². The molecule has 96 valence electrons. The molecule has 0 fully saturated rings. The van der Waals surface area contributed by atoms with Crippen LogP contribution in [0.5, 0.6) is 0 Å². The summed E-state index contributed by atoms with van der Waals surface area (Å²) in [6.07, 6.45) is 0. The zero-order valence-corrected chi connectivity index (χ0v) is 10.6. The van der Waals surface area contributed by atoms with Crippen LogP contribution in [0.2, 0.25) is 5.02 Å². The van der Waals surface area contributed by atoms with Crippen molar-refractivity contribution < 1.29 is 14.0 Å². The summed E-state index contributed by atoms with van der Waals surface area (Å²) in [5.41, 5.74) is 0.809. The van der Waals surface area contributed by atoms with Gasteiger partial charge in [-0.3, -0.25) is 14.5 Å². The highest BCUT2D eigenvalue weighted by Gasteiger charge is 2.36. The number of aromatic nitrogens is 2. The molecule has 0 saturated carbocycles. The van der Waals surface area contributed by atoms with Gasteiger partial charge in [-0.2, -0.15) is 0 Å². The van der Waals surface area contributed by atoms with Crippen molar-refractivity contribution in [1.29, 1.82) is 0 Å². The highest BCUT2D eigenvalue weighted by molar-refractivity contribution is 6.52. The van der Waals surface area contributed by atoms with Crippen LogP contribution < -0.4 is 4.90 Å². The summed E-state index contributed by atoms with van der Waals surface area (Å²) in [4.78, 5) is 25.0. The first-order chi connectivity index (χ1) is 9.06. The van der Waals surface area contributed by atoms with Crippen LogP contribution in [0.15, 0.2) is 22.6 Å². The summed E-state index contributed by atoms with van der Waals surface area (Å²) in [5.74, 6) is -0.498. The summed E-state index contributed by atoms with van der Waals surface area (Å²) in [5, 5.41) is 7.94. The SMILES string of the molecule is Cc1nnc(CN2C(=O)C(=O)c3ccc(Cl)cc32)o1. The van der Waals surface area contributed by atoms with Crippen LogP contribution in [-0.2, 0) is 11.3 Å². The topological polar surface area (TPSA) is 76.3 Å². The van der Waals surface area contributed by atoms with E-state index in [2.05, 4.69) is 10.2 Å². The molecule has 0 bridgehead atoms. The Hall–Kier alpha value is -2.21. The molecule has 19 heavy (non-hydrogen) atoms. The third-order valence-corrected chi connectivity index (χ3v) is 3.03. The first kappa shape index (κ1) is 11.9. The van der Waals surface area contributed by atoms with Crippen LogP contribution in [0.4, 0.5) is 5.69 Å². The van der Waals surface area contributed by atoms with Crippen molar-refractivity contribution in [2.45, 2.75) is 13.5 Å². The van der Waals surface area contributed by atoms with Crippen molar-refractivity contribution in [3.8, 4) is 0 Å². The lowest BCUT2D eigenvalue weighted by Gasteiger charge is -2.13. The summed E-state index contributed by atoms with van der Waals surface area (Å²) in [6, 6.07) is 4.69. The Kier molecular flexibility index (Phi) is 2.60. The number of hydrogen-bond donors (Lipinski definition) is 0. The fourth-order valence-corrected chi connectivity index (χ4v) is 2.13. The highest BCUT2D eigenvalue weighted by Crippen LogP contribution is 2.32. The van der Waals surface area contributed by atoms with Crippen molar-refractivity contribution in [3.05, 3.63) is 40.6 Å². The fraction of sp³-hybridized carbons (Fsp3) is 0.167. The molecule has 0 radical (unpaired) electrons. The average Bonchev–Trinajstić information content (AvgIpc) is 2.88. The molecule has 2 heterocycles. The molecule has 3 rings (SSSR count). The van der Waals surface area contributed by atoms with E-state index in [1.807, 2.05) is 0 Å². The van der Waals surface area contributed by atoms with Gasteiger partial charge in [0, 0.05) is 11.9 Å². The minimum Gasteiger partial charge on any atom is -0.424 e. The second kappa shape index (κ2) is 4.17. The van der Waals surface area contributed by atoms with Gasteiger partial charge in [0.05, 0.1) is 11.3 Å². The third-order valence-electron chi connectivity index (χ3n) is 2.80. The monoisotopic (exact) mass is 277 g/mol. The predicted octanol–water partition coefficient (Wildman–Crippen LogP) is 1.76. The number of aryl methyl sites for hydroxylation is 1. The Bertz CT molecular complexity index is 695. The maximum atomic E-state index is 11.9. The normalized spacial score (nSPS) is 14.1. The van der Waals surface area contributed by atoms with E-state index in [-0.39, 0.29) is 12.4 Å². The van der Waals surface area contributed by atoms with E-state index in [0.29, 0.717) is 22.2 Å². The van der Waals surface area contributed by atoms with Crippen molar-refractivity contribution in [2.24, 2.45) is 0 Å². The smallest absolute Gasteiger partial charge is 0.299 e. The number of carbonyl (C=O) groups is 2. The lowest BCUT2D eigenvalue weighted by molar-refractivity contribution is -0.114. The first-order valence-corrected chi connectivity index (χ1v) is 5.89. The van der Waals surface area contributed by atoms with Gasteiger partial charge in [-0.1, -0.05) is 11.6 Å². The highest BCUT2D eigenvalue weighted by atomic mass is 35.5. The maximum absolute atomic E-state index is 11.9. The molecule has 2 aromatic rings. The predicted molar refractivity (Wildman–Crippen MR) is 66.0 cm³/mol. The van der Waals surface area contributed by atoms with E-state index in [1.165, 1.54) is 11.0 Å². The minimum absolute atomic E-state index is 0.0543. The summed E-state index contributed by atoms with van der Waals surface area (Å²) in [6.45, 7) is 1.71. The van der Waals surface area contributed by atoms with Crippen molar-refractivity contribution in [1.82, 2.24) is 10.2 Å². The second-order valence-electron chi connectivity index (χ2n) is 4.10. The molecule has 0 aliphatic carbocycles. The Morgan fingerprint density at radius 1 is 1.32 bits per heavy atom. The number of amides is 1. The number of carbonyl (C=O) groups excluding carboxylic acids is 2. The van der Waals surface area contributed by atoms with Crippen molar-refractivity contribution >= 4 is 29.0 Å². The first-order valence-electron chi connectivity index (χ1n) is 5.51. The van der Waals surface area contributed by atoms with E-state index < -0.39 is 11.7 Å². The van der Waals surface area contributed by atoms with E-state index in [9.17, 15) is 9.59 Å². The Labute approximate surface area is 113 Å². The Balaban J connectivity index is 2.01. The fourth-order valence-electron chi connectivity index (χ4n) is 1.96. The van der Waals surface area contributed by atoms with Gasteiger partial charge < -0.3 is 4.42 Å². The molecule has 0 saturated heterocycles. The summed E-state index contributed by atoms with van der Waals surface area (Å²) in [7, 11) is 0. The van der Waals surface area contributed by atoms with Crippen LogP contribution in [0.25, 0.3) is 0 Å². The zero-order chi connectivity index (χ0) is 13.6. The van der Waals surface area contributed by atoms with Crippen molar-refractivity contribution in [2.75, 3.05) is 4.90 Å². The number of ketones is 1. The van der Waals surface area contributed by atoms with Crippen LogP contribution in [0.1, 0.15) is 22.1 Å². The second-order valence-corrected chi connectivity index (χ2v) is 4.53. The number of Topliss-reactive ketones (excluding diaryl/α,β-unsaturated/α-hetero) is 1. The van der Waals surface area contributed by atoms with Crippen LogP contribution in [0, 0.1) is 6.92 Å². The number of hydrogen-bond acceptors (Lipinski definition) is 5. The van der Waals surface area contributed by atoms with Gasteiger partial charge in [0.2, 0.25) is 11.8 Å². The Morgan fingerprint density at radius 3 is 2.79 bits per heavy atom. The van der Waals surface area contributed by atoms with E-state index in [0.717, 1.165) is 0 Å². The average molecular weight is 278 g/mol. The number of anilines is 1. The summed E-state index contributed by atoms with van der Waals surface area (Å²) >= 11 is 5.89. The van der Waals surface area contributed by atoms with E-state index in [4.69, 9.17) is 16.0 Å². The molecule has 1 amide bonds. The largest absolute Gasteiger partial charge is 0.424 e. The molecule has 0 unspecified atom stereocenters. The van der Waals surface area contributed by atoms with Gasteiger partial charge in [0.15, 0.2) is 0 Å². The van der Waals surface area contributed by atoms with Gasteiger partial charge in [-0.05, 0) is 18.2 Å². The van der Waals surface area contributed by atoms with Crippen LogP contribution in [-0.4, -0.2) is 21.9 Å². The number of halogens is 1. The maximum Gasteiger partial charge on any atom is 0.299 e. The molecule has 0 atom stereocenters. The van der Waals surface area contributed by atoms with Gasteiger partial charge in [0.25, 0.3) is 11.7 Å². The molecule has 1 aliphatic heterocycles. The number of rotatable bonds is 2. The molecule has 7 heteroatoms. The quantitative estimate of drug-likeness (QED) is 0.782. The standard InChI is InChI=1S/C12H8ClN3O3/c1-6-14-15-10(19-6)5-16-9-4-7(13)2-3-8(9)11(17)12(16)18/h2-4H,5H2,1H3. The van der Waals surface area contributed by atoms with E-state index >= 15 is 0 Å².